The highest BCUT2D eigenvalue weighted by Gasteiger charge is 2.20. The second-order valence-corrected chi connectivity index (χ2v) is 8.81. The number of hydrogen-bond donors (Lipinski definition) is 1. The average molecular weight is 392 g/mol. The maximum absolute atomic E-state index is 13.3. The van der Waals surface area contributed by atoms with Crippen LogP contribution in [0.1, 0.15) is 48.5 Å². The molecule has 1 saturated carbocycles. The van der Waals surface area contributed by atoms with E-state index in [1.807, 2.05) is 30.0 Å². The number of carbonyl (C=O) groups is 1. The van der Waals surface area contributed by atoms with Gasteiger partial charge in [0.05, 0.1) is 5.02 Å². The van der Waals surface area contributed by atoms with Crippen LogP contribution in [-0.2, 0) is 0 Å². The summed E-state index contributed by atoms with van der Waals surface area (Å²) in [5.74, 6) is 0.111. The number of anilines is 1. The van der Waals surface area contributed by atoms with Crippen LogP contribution in [0.25, 0.3) is 0 Å². The molecule has 3 rings (SSSR count). The van der Waals surface area contributed by atoms with Crippen LogP contribution in [0.5, 0.6) is 0 Å². The van der Waals surface area contributed by atoms with Crippen LogP contribution in [0.15, 0.2) is 41.3 Å². The number of aryl methyl sites for hydroxylation is 1. The smallest absolute Gasteiger partial charge is 0.255 e. The Kier molecular flexibility index (Phi) is 6.25. The zero-order chi connectivity index (χ0) is 18.7. The Morgan fingerprint density at radius 3 is 2.58 bits per heavy atom. The quantitative estimate of drug-likeness (QED) is 0.627. The average Bonchev–Trinajstić information content (AvgIpc) is 2.62. The summed E-state index contributed by atoms with van der Waals surface area (Å²) < 4.78 is 13.3. The lowest BCUT2D eigenvalue weighted by Crippen LogP contribution is -2.15. The minimum Gasteiger partial charge on any atom is -0.322 e. The summed E-state index contributed by atoms with van der Waals surface area (Å²) in [6.07, 6.45) is 5.02. The van der Waals surface area contributed by atoms with E-state index in [0.29, 0.717) is 16.5 Å². The van der Waals surface area contributed by atoms with Crippen molar-refractivity contribution in [3.8, 4) is 0 Å². The predicted molar refractivity (Wildman–Crippen MR) is 108 cm³/mol. The van der Waals surface area contributed by atoms with E-state index in [2.05, 4.69) is 19.2 Å². The molecule has 26 heavy (non-hydrogen) atoms. The predicted octanol–water partition coefficient (Wildman–Crippen LogP) is 6.71. The van der Waals surface area contributed by atoms with Gasteiger partial charge in [0.2, 0.25) is 0 Å². The topological polar surface area (TPSA) is 29.1 Å². The molecule has 5 heteroatoms. The summed E-state index contributed by atoms with van der Waals surface area (Å²) in [4.78, 5) is 13.7. The van der Waals surface area contributed by atoms with Gasteiger partial charge in [-0.3, -0.25) is 4.79 Å². The van der Waals surface area contributed by atoms with Crippen LogP contribution in [0, 0.1) is 18.7 Å². The summed E-state index contributed by atoms with van der Waals surface area (Å²) in [5.41, 5.74) is 2.27. The molecule has 2 aromatic rings. The molecule has 138 valence electrons. The van der Waals surface area contributed by atoms with Crippen LogP contribution in [0.4, 0.5) is 10.1 Å². The molecule has 0 spiro atoms. The molecule has 0 unspecified atom stereocenters. The zero-order valence-corrected chi connectivity index (χ0v) is 16.6. The number of rotatable bonds is 4. The fourth-order valence-electron chi connectivity index (χ4n) is 3.17. The van der Waals surface area contributed by atoms with Crippen LogP contribution >= 0.6 is 23.4 Å². The normalized spacial score (nSPS) is 20.0. The first-order valence-electron chi connectivity index (χ1n) is 8.96. The first-order chi connectivity index (χ1) is 12.4. The number of thioether (sulfide) groups is 1. The number of hydrogen-bond acceptors (Lipinski definition) is 2. The minimum absolute atomic E-state index is 0.00511. The van der Waals surface area contributed by atoms with Crippen molar-refractivity contribution in [3.63, 3.8) is 0 Å². The van der Waals surface area contributed by atoms with Crippen molar-refractivity contribution >= 4 is 35.0 Å². The third-order valence-corrected chi connectivity index (χ3v) is 6.67. The molecule has 1 aliphatic carbocycles. The second kappa shape index (κ2) is 8.45. The summed E-state index contributed by atoms with van der Waals surface area (Å²) in [5, 5.41) is 3.40. The van der Waals surface area contributed by atoms with E-state index in [1.54, 1.807) is 0 Å². The van der Waals surface area contributed by atoms with Crippen molar-refractivity contribution < 1.29 is 9.18 Å². The molecular weight excluding hydrogens is 369 g/mol. The van der Waals surface area contributed by atoms with E-state index in [4.69, 9.17) is 11.6 Å². The lowest BCUT2D eigenvalue weighted by Gasteiger charge is -2.26. The minimum atomic E-state index is -0.500. The van der Waals surface area contributed by atoms with E-state index in [-0.39, 0.29) is 10.9 Å². The fraction of sp³-hybridized carbons (Fsp3) is 0.381. The Morgan fingerprint density at radius 2 is 1.88 bits per heavy atom. The summed E-state index contributed by atoms with van der Waals surface area (Å²) in [7, 11) is 0. The van der Waals surface area contributed by atoms with Gasteiger partial charge in [0.1, 0.15) is 5.82 Å². The molecule has 0 aromatic heterocycles. The number of amides is 1. The van der Waals surface area contributed by atoms with Gasteiger partial charge in [-0.25, -0.2) is 4.39 Å². The highest BCUT2D eigenvalue weighted by Crippen LogP contribution is 2.37. The summed E-state index contributed by atoms with van der Waals surface area (Å²) >= 11 is 7.66. The highest BCUT2D eigenvalue weighted by atomic mass is 35.5. The largest absolute Gasteiger partial charge is 0.322 e. The lowest BCUT2D eigenvalue weighted by molar-refractivity contribution is 0.102. The summed E-state index contributed by atoms with van der Waals surface area (Å²) in [6.45, 7) is 4.40. The third kappa shape index (κ3) is 4.80. The molecule has 1 aliphatic rings. The van der Waals surface area contributed by atoms with Crippen LogP contribution < -0.4 is 5.32 Å². The number of nitrogens with one attached hydrogen (secondary N) is 1. The molecule has 2 nitrogen and oxygen atoms in total. The van der Waals surface area contributed by atoms with E-state index in [9.17, 15) is 9.18 Å². The van der Waals surface area contributed by atoms with Crippen molar-refractivity contribution in [2.75, 3.05) is 5.32 Å². The van der Waals surface area contributed by atoms with Crippen molar-refractivity contribution in [2.24, 2.45) is 5.92 Å². The number of carbonyl (C=O) groups excluding carboxylic acids is 1. The molecular formula is C21H23ClFNOS. The molecule has 0 bridgehead atoms. The first-order valence-corrected chi connectivity index (χ1v) is 10.2. The monoisotopic (exact) mass is 391 g/mol. The van der Waals surface area contributed by atoms with Crippen molar-refractivity contribution in [1.82, 2.24) is 0 Å². The van der Waals surface area contributed by atoms with Crippen LogP contribution in [0.3, 0.4) is 0 Å². The molecule has 2 aromatic carbocycles. The maximum atomic E-state index is 13.3. The Labute approximate surface area is 163 Å². The molecule has 0 radical (unpaired) electrons. The van der Waals surface area contributed by atoms with Crippen molar-refractivity contribution in [3.05, 3.63) is 58.4 Å². The molecule has 0 aliphatic heterocycles. The van der Waals surface area contributed by atoms with Crippen LogP contribution in [0.2, 0.25) is 5.02 Å². The molecule has 0 atom stereocenters. The third-order valence-electron chi connectivity index (χ3n) is 4.88. The van der Waals surface area contributed by atoms with Gasteiger partial charge >= 0.3 is 0 Å². The Morgan fingerprint density at radius 1 is 1.15 bits per heavy atom. The van der Waals surface area contributed by atoms with E-state index in [1.165, 1.54) is 49.4 Å². The van der Waals surface area contributed by atoms with Gasteiger partial charge in [-0.15, -0.1) is 11.8 Å². The van der Waals surface area contributed by atoms with Crippen LogP contribution in [-0.4, -0.2) is 11.2 Å². The first kappa shape index (κ1) is 19.2. The maximum Gasteiger partial charge on any atom is 0.255 e. The van der Waals surface area contributed by atoms with Gasteiger partial charge in [-0.05, 0) is 74.4 Å². The lowest BCUT2D eigenvalue weighted by atomic mass is 9.91. The van der Waals surface area contributed by atoms with Gasteiger partial charge in [0, 0.05) is 21.4 Å². The van der Waals surface area contributed by atoms with E-state index < -0.39 is 5.82 Å². The Hall–Kier alpha value is -1.52. The zero-order valence-electron chi connectivity index (χ0n) is 15.0. The van der Waals surface area contributed by atoms with Gasteiger partial charge < -0.3 is 5.32 Å². The molecule has 0 heterocycles. The Bertz CT molecular complexity index is 803. The molecule has 1 fully saturated rings. The molecule has 1 N–H and O–H groups in total. The SMILES string of the molecule is Cc1ccc(C(=O)Nc2ccc(F)c(Cl)c2)cc1SC1CCC(C)CC1. The Balaban J connectivity index is 1.71. The van der Waals surface area contributed by atoms with Gasteiger partial charge in [-0.2, -0.15) is 0 Å². The standard InChI is InChI=1S/C21H23ClFNOS/c1-13-3-8-17(9-4-13)26-20-11-15(6-5-14(20)2)21(25)24-16-7-10-19(23)18(22)12-16/h5-7,10-13,17H,3-4,8-9H2,1-2H3,(H,24,25). The van der Waals surface area contributed by atoms with E-state index >= 15 is 0 Å². The number of halogens is 2. The molecule has 1 amide bonds. The second-order valence-electron chi connectivity index (χ2n) is 7.06. The van der Waals surface area contributed by atoms with Crippen molar-refractivity contribution in [2.45, 2.75) is 49.7 Å². The van der Waals surface area contributed by atoms with Crippen molar-refractivity contribution in [1.29, 1.82) is 0 Å². The fourth-order valence-corrected chi connectivity index (χ4v) is 4.67. The number of benzene rings is 2. The van der Waals surface area contributed by atoms with Gasteiger partial charge in [0.15, 0.2) is 0 Å². The van der Waals surface area contributed by atoms with E-state index in [0.717, 1.165) is 10.8 Å². The molecule has 0 saturated heterocycles. The van der Waals surface area contributed by atoms with Gasteiger partial charge in [0.25, 0.3) is 5.91 Å². The van der Waals surface area contributed by atoms with Gasteiger partial charge in [-0.1, -0.05) is 24.6 Å². The highest BCUT2D eigenvalue weighted by molar-refractivity contribution is 8.00. The summed E-state index contributed by atoms with van der Waals surface area (Å²) in [6, 6.07) is 9.94.